The molecule has 6 rings (SSSR count). The average Bonchev–Trinajstić information content (AvgIpc) is 3.29. The van der Waals surface area contributed by atoms with Crippen molar-refractivity contribution in [3.8, 4) is 0 Å². The van der Waals surface area contributed by atoms with Gasteiger partial charge in [0, 0.05) is 49.2 Å². The van der Waals surface area contributed by atoms with Gasteiger partial charge < -0.3 is 24.7 Å². The molecule has 13 nitrogen and oxygen atoms in total. The molecule has 3 aliphatic rings. The first-order chi connectivity index (χ1) is 23.4. The minimum Gasteiger partial charge on any atom is -0.441 e. The van der Waals surface area contributed by atoms with Crippen LogP contribution in [-0.2, 0) is 49.0 Å². The summed E-state index contributed by atoms with van der Waals surface area (Å²) in [5, 5.41) is 33.8. The number of aliphatic hydroxyl groups excluding tert-OH is 1. The molecule has 3 aromatic carbocycles. The first kappa shape index (κ1) is 33.5. The van der Waals surface area contributed by atoms with Crippen LogP contribution in [0.4, 0.5) is 17.1 Å². The molecule has 0 aromatic heterocycles. The number of ether oxygens (including phenoxy) is 1. The van der Waals surface area contributed by atoms with Crippen molar-refractivity contribution in [3.05, 3.63) is 111 Å². The van der Waals surface area contributed by atoms with Crippen LogP contribution in [0.1, 0.15) is 48.9 Å². The number of esters is 1. The van der Waals surface area contributed by atoms with Crippen molar-refractivity contribution >= 4 is 40.8 Å². The van der Waals surface area contributed by atoms with E-state index in [1.807, 2.05) is 24.3 Å². The number of rotatable bonds is 10. The Bertz CT molecular complexity index is 1880. The number of anilines is 2. The van der Waals surface area contributed by atoms with Gasteiger partial charge in [-0.3, -0.25) is 34.2 Å². The van der Waals surface area contributed by atoms with Crippen molar-refractivity contribution < 1.29 is 39.1 Å². The molecule has 3 aromatic rings. The highest BCUT2D eigenvalue weighted by molar-refractivity contribution is 6.07. The molecule has 0 bridgehead atoms. The number of nitro benzene ring substituents is 1. The Morgan fingerprint density at radius 1 is 1.08 bits per heavy atom. The first-order valence-corrected chi connectivity index (χ1v) is 16.0. The van der Waals surface area contributed by atoms with Crippen molar-refractivity contribution in [2.75, 3.05) is 16.4 Å². The van der Waals surface area contributed by atoms with Gasteiger partial charge in [-0.1, -0.05) is 55.5 Å². The summed E-state index contributed by atoms with van der Waals surface area (Å²) in [6, 6.07) is 18.0. The number of nitro groups is 1. The summed E-state index contributed by atoms with van der Waals surface area (Å²) in [7, 11) is 0. The van der Waals surface area contributed by atoms with Gasteiger partial charge in [0.05, 0.1) is 36.2 Å². The molecular formula is C36H36N4O9. The van der Waals surface area contributed by atoms with E-state index in [1.54, 1.807) is 48.2 Å². The van der Waals surface area contributed by atoms with Gasteiger partial charge in [0.1, 0.15) is 0 Å². The molecule has 13 heteroatoms. The maximum absolute atomic E-state index is 14.1. The highest BCUT2D eigenvalue weighted by atomic mass is 16.6. The van der Waals surface area contributed by atoms with E-state index >= 15 is 0 Å². The predicted molar refractivity (Wildman–Crippen MR) is 177 cm³/mol. The fourth-order valence-corrected chi connectivity index (χ4v) is 6.85. The van der Waals surface area contributed by atoms with Gasteiger partial charge in [-0.25, -0.2) is 0 Å². The Balaban J connectivity index is 1.23. The number of hydrogen-bond acceptors (Lipinski definition) is 9. The summed E-state index contributed by atoms with van der Waals surface area (Å²) in [4.78, 5) is 66.7. The lowest BCUT2D eigenvalue weighted by Crippen LogP contribution is -2.54. The SMILES string of the molecule is CC(=O)OC1CC(=O)N1c1cccc(CN2C(=O)[C@](O)([C@H](C)/C=C/CC(=O)N3Cc4ccccc4C[C@H]3CO)c3cc([N+](=O)[O-])ccc32)c1. The summed E-state index contributed by atoms with van der Waals surface area (Å²) >= 11 is 0. The van der Waals surface area contributed by atoms with Crippen molar-refractivity contribution in [1.82, 2.24) is 4.90 Å². The highest BCUT2D eigenvalue weighted by Gasteiger charge is 2.53. The Kier molecular flexibility index (Phi) is 9.06. The molecule has 49 heavy (non-hydrogen) atoms. The molecule has 1 saturated heterocycles. The van der Waals surface area contributed by atoms with Crippen molar-refractivity contribution in [2.45, 2.75) is 64.1 Å². The number of hydrogen-bond donors (Lipinski definition) is 2. The van der Waals surface area contributed by atoms with Crippen LogP contribution in [0.5, 0.6) is 0 Å². The normalized spacial score (nSPS) is 22.1. The molecule has 3 aliphatic heterocycles. The number of β-lactam (4-membered cyclic amide) rings is 1. The maximum atomic E-state index is 14.1. The lowest BCUT2D eigenvalue weighted by atomic mass is 9.82. The smallest absolute Gasteiger partial charge is 0.304 e. The van der Waals surface area contributed by atoms with Gasteiger partial charge in [-0.15, -0.1) is 0 Å². The second-order valence-electron chi connectivity index (χ2n) is 12.6. The van der Waals surface area contributed by atoms with Crippen molar-refractivity contribution in [1.29, 1.82) is 0 Å². The number of benzene rings is 3. The third-order valence-corrected chi connectivity index (χ3v) is 9.46. The van der Waals surface area contributed by atoms with E-state index in [-0.39, 0.29) is 60.8 Å². The molecule has 3 amide bonds. The van der Waals surface area contributed by atoms with Gasteiger partial charge in [0.2, 0.25) is 11.8 Å². The quantitative estimate of drug-likeness (QED) is 0.108. The van der Waals surface area contributed by atoms with E-state index in [0.29, 0.717) is 24.2 Å². The van der Waals surface area contributed by atoms with Gasteiger partial charge in [-0.2, -0.15) is 0 Å². The molecule has 1 unspecified atom stereocenters. The van der Waals surface area contributed by atoms with Crippen molar-refractivity contribution in [2.24, 2.45) is 5.92 Å². The molecule has 0 aliphatic carbocycles. The van der Waals surface area contributed by atoms with Gasteiger partial charge >= 0.3 is 5.97 Å². The number of aliphatic hydroxyl groups is 2. The molecule has 2 N–H and O–H groups in total. The molecule has 0 saturated carbocycles. The Morgan fingerprint density at radius 2 is 1.84 bits per heavy atom. The van der Waals surface area contributed by atoms with Crippen LogP contribution in [0.2, 0.25) is 0 Å². The molecule has 254 valence electrons. The fraction of sp³-hybridized carbons (Fsp3) is 0.333. The number of carbonyl (C=O) groups excluding carboxylic acids is 4. The summed E-state index contributed by atoms with van der Waals surface area (Å²) in [6.07, 6.45) is 2.93. The third-order valence-electron chi connectivity index (χ3n) is 9.46. The lowest BCUT2D eigenvalue weighted by Gasteiger charge is -2.39. The van der Waals surface area contributed by atoms with E-state index in [0.717, 1.165) is 11.1 Å². The largest absolute Gasteiger partial charge is 0.441 e. The van der Waals surface area contributed by atoms with Gasteiger partial charge in [0.15, 0.2) is 11.8 Å². The molecule has 1 fully saturated rings. The number of fused-ring (bicyclic) bond motifs is 2. The van der Waals surface area contributed by atoms with Crippen LogP contribution in [0.15, 0.2) is 78.9 Å². The van der Waals surface area contributed by atoms with Crippen LogP contribution in [0.25, 0.3) is 0 Å². The van der Waals surface area contributed by atoms with Crippen LogP contribution in [-0.4, -0.2) is 62.6 Å². The fourth-order valence-electron chi connectivity index (χ4n) is 6.85. The highest BCUT2D eigenvalue weighted by Crippen LogP contribution is 2.47. The summed E-state index contributed by atoms with van der Waals surface area (Å²) < 4.78 is 5.22. The Hall–Kier alpha value is -5.40. The Morgan fingerprint density at radius 3 is 2.53 bits per heavy atom. The van der Waals surface area contributed by atoms with Crippen LogP contribution in [0, 0.1) is 16.0 Å². The number of non-ortho nitro benzene ring substituents is 1. The van der Waals surface area contributed by atoms with Gasteiger partial charge in [-0.05, 0) is 41.3 Å². The third kappa shape index (κ3) is 6.18. The van der Waals surface area contributed by atoms with E-state index in [4.69, 9.17) is 4.74 Å². The van der Waals surface area contributed by atoms with Crippen molar-refractivity contribution in [3.63, 3.8) is 0 Å². The lowest BCUT2D eigenvalue weighted by molar-refractivity contribution is -0.385. The number of carbonyl (C=O) groups is 4. The number of amides is 3. The van der Waals surface area contributed by atoms with Crippen LogP contribution >= 0.6 is 0 Å². The van der Waals surface area contributed by atoms with E-state index in [1.165, 1.54) is 34.9 Å². The molecular weight excluding hydrogens is 632 g/mol. The minimum absolute atomic E-state index is 0.0338. The second kappa shape index (κ2) is 13.2. The van der Waals surface area contributed by atoms with Crippen LogP contribution < -0.4 is 9.80 Å². The molecule has 4 atom stereocenters. The topological polar surface area (TPSA) is 171 Å². The minimum atomic E-state index is -2.19. The summed E-state index contributed by atoms with van der Waals surface area (Å²) in [6.45, 7) is 2.99. The number of nitrogens with zero attached hydrogens (tertiary/aromatic N) is 4. The summed E-state index contributed by atoms with van der Waals surface area (Å²) in [5.41, 5.74) is 1.01. The van der Waals surface area contributed by atoms with Crippen LogP contribution in [0.3, 0.4) is 0 Å². The van der Waals surface area contributed by atoms with Gasteiger partial charge in [0.25, 0.3) is 11.6 Å². The maximum Gasteiger partial charge on any atom is 0.304 e. The second-order valence-corrected chi connectivity index (χ2v) is 12.6. The van der Waals surface area contributed by atoms with E-state index in [2.05, 4.69) is 0 Å². The first-order valence-electron chi connectivity index (χ1n) is 16.0. The zero-order valence-electron chi connectivity index (χ0n) is 27.0. The standard InChI is InChI=1S/C36H36N4O9/c1-22(7-5-12-32(43)37-20-26-10-4-3-9-25(26)16-29(37)21-41)36(46)30-17-28(40(47)48)13-14-31(30)38(35(36)45)19-24-8-6-11-27(15-24)39-33(44)18-34(39)49-23(2)42/h3-11,13-15,17,22,29,34,41,46H,12,16,18-21H2,1-2H3/b7-5+/t22-,29+,34?,36+/m1/s1. The predicted octanol–water partition coefficient (Wildman–Crippen LogP) is 3.48. The zero-order chi connectivity index (χ0) is 35.0. The molecule has 3 heterocycles. The Labute approximate surface area is 282 Å². The molecule has 0 spiro atoms. The van der Waals surface area contributed by atoms with E-state index in [9.17, 15) is 39.5 Å². The summed E-state index contributed by atoms with van der Waals surface area (Å²) in [5.74, 6) is -2.59. The monoisotopic (exact) mass is 668 g/mol. The molecule has 0 radical (unpaired) electrons. The zero-order valence-corrected chi connectivity index (χ0v) is 27.0. The van der Waals surface area contributed by atoms with E-state index < -0.39 is 34.5 Å². The average molecular weight is 669 g/mol.